The van der Waals surface area contributed by atoms with E-state index in [1.807, 2.05) is 60.9 Å². The minimum atomic E-state index is 0.795. The van der Waals surface area contributed by atoms with Crippen LogP contribution in [0.2, 0.25) is 0 Å². The van der Waals surface area contributed by atoms with Crippen LogP contribution in [0, 0.1) is 0 Å². The molecule has 9 aromatic rings. The maximum Gasteiger partial charge on any atom is 0.159 e. The van der Waals surface area contributed by atoms with E-state index in [4.69, 9.17) is 8.83 Å². The number of hydrogen-bond acceptors (Lipinski definition) is 5. The highest BCUT2D eigenvalue weighted by atomic mass is 79.9. The maximum atomic E-state index is 6.62. The van der Waals surface area contributed by atoms with Crippen molar-refractivity contribution in [3.05, 3.63) is 151 Å². The summed E-state index contributed by atoms with van der Waals surface area (Å²) in [6.07, 6.45) is 7.38. The third kappa shape index (κ3) is 4.45. The SMILES string of the molecule is Brc1cc(N(c2cc(-c3cccnc3)cc(-c3cccnc3)c2)c2ccc3c(c2)oc2ccccc23)c2oc3ccccc3c2c1. The fourth-order valence-electron chi connectivity index (χ4n) is 6.36. The summed E-state index contributed by atoms with van der Waals surface area (Å²) >= 11 is 3.83. The van der Waals surface area contributed by atoms with Crippen molar-refractivity contribution in [1.82, 2.24) is 9.97 Å². The summed E-state index contributed by atoms with van der Waals surface area (Å²) in [4.78, 5) is 11.1. The number of rotatable bonds is 5. The summed E-state index contributed by atoms with van der Waals surface area (Å²) in [5.41, 5.74) is 10.2. The molecule has 0 bridgehead atoms. The second-order valence-corrected chi connectivity index (χ2v) is 12.2. The Morgan fingerprint density at radius 2 is 1.11 bits per heavy atom. The van der Waals surface area contributed by atoms with Gasteiger partial charge in [-0.2, -0.15) is 0 Å². The van der Waals surface area contributed by atoms with E-state index >= 15 is 0 Å². The molecule has 0 amide bonds. The zero-order valence-electron chi connectivity index (χ0n) is 24.4. The van der Waals surface area contributed by atoms with Gasteiger partial charge in [-0.15, -0.1) is 0 Å². The lowest BCUT2D eigenvalue weighted by atomic mass is 9.98. The van der Waals surface area contributed by atoms with Gasteiger partial charge in [0, 0.05) is 73.7 Å². The molecule has 218 valence electrons. The van der Waals surface area contributed by atoms with E-state index in [1.54, 1.807) is 12.4 Å². The molecule has 5 aromatic carbocycles. The van der Waals surface area contributed by atoms with E-state index in [0.29, 0.717) is 0 Å². The van der Waals surface area contributed by atoms with Crippen molar-refractivity contribution >= 4 is 76.9 Å². The van der Waals surface area contributed by atoms with E-state index in [-0.39, 0.29) is 0 Å². The van der Waals surface area contributed by atoms with Gasteiger partial charge in [0.15, 0.2) is 5.58 Å². The molecule has 5 nitrogen and oxygen atoms in total. The van der Waals surface area contributed by atoms with Gasteiger partial charge in [-0.25, -0.2) is 0 Å². The highest BCUT2D eigenvalue weighted by molar-refractivity contribution is 9.10. The fraction of sp³-hybridized carbons (Fsp3) is 0. The van der Waals surface area contributed by atoms with Gasteiger partial charge in [-0.05, 0) is 77.9 Å². The molecular formula is C40H24BrN3O2. The van der Waals surface area contributed by atoms with Gasteiger partial charge < -0.3 is 13.7 Å². The molecule has 6 heteroatoms. The molecule has 9 rings (SSSR count). The number of anilines is 3. The van der Waals surface area contributed by atoms with Crippen LogP contribution in [-0.4, -0.2) is 9.97 Å². The van der Waals surface area contributed by atoms with Crippen LogP contribution < -0.4 is 4.90 Å². The lowest BCUT2D eigenvalue weighted by Crippen LogP contribution is -2.11. The normalized spacial score (nSPS) is 11.6. The van der Waals surface area contributed by atoms with Crippen LogP contribution in [0.4, 0.5) is 17.1 Å². The van der Waals surface area contributed by atoms with E-state index < -0.39 is 0 Å². The third-order valence-corrected chi connectivity index (χ3v) is 8.91. The molecule has 0 saturated carbocycles. The highest BCUT2D eigenvalue weighted by Crippen LogP contribution is 2.46. The number of nitrogens with zero attached hydrogens (tertiary/aromatic N) is 3. The van der Waals surface area contributed by atoms with Gasteiger partial charge in [0.25, 0.3) is 0 Å². The summed E-state index contributed by atoms with van der Waals surface area (Å²) in [6, 6.07) is 41.7. The van der Waals surface area contributed by atoms with E-state index in [9.17, 15) is 0 Å². The number of aromatic nitrogens is 2. The summed E-state index contributed by atoms with van der Waals surface area (Å²) in [7, 11) is 0. The van der Waals surface area contributed by atoms with Crippen molar-refractivity contribution in [1.29, 1.82) is 0 Å². The van der Waals surface area contributed by atoms with Crippen LogP contribution in [0.1, 0.15) is 0 Å². The Kier molecular flexibility index (Phi) is 6.21. The van der Waals surface area contributed by atoms with Crippen molar-refractivity contribution in [2.45, 2.75) is 0 Å². The molecule has 0 aliphatic rings. The van der Waals surface area contributed by atoms with Crippen LogP contribution in [-0.2, 0) is 0 Å². The van der Waals surface area contributed by atoms with E-state index in [2.05, 4.69) is 104 Å². The van der Waals surface area contributed by atoms with Gasteiger partial charge >= 0.3 is 0 Å². The Labute approximate surface area is 272 Å². The predicted octanol–water partition coefficient (Wildman–Crippen LogP) is 11.8. The van der Waals surface area contributed by atoms with E-state index in [1.165, 1.54) is 0 Å². The smallest absolute Gasteiger partial charge is 0.159 e. The average Bonchev–Trinajstić information content (AvgIpc) is 3.67. The summed E-state index contributed by atoms with van der Waals surface area (Å²) in [5.74, 6) is 0. The van der Waals surface area contributed by atoms with Gasteiger partial charge in [-0.1, -0.05) is 64.5 Å². The second kappa shape index (κ2) is 10.7. The third-order valence-electron chi connectivity index (χ3n) is 8.45. The number of benzene rings is 5. The Hall–Kier alpha value is -5.72. The standard InChI is InChI=1S/C40H24BrN3O2/c41-29-20-35-33-10-2-4-12-38(33)46-40(35)36(21-29)44(30-13-14-34-32-9-1-3-11-37(32)45-39(34)22-30)31-18-27(25-7-5-15-42-23-25)17-28(19-31)26-8-6-16-43-24-26/h1-24H. The molecule has 0 spiro atoms. The van der Waals surface area contributed by atoms with E-state index in [0.717, 1.165) is 87.7 Å². The molecule has 4 heterocycles. The second-order valence-electron chi connectivity index (χ2n) is 11.3. The number of pyridine rings is 2. The first-order valence-corrected chi connectivity index (χ1v) is 15.8. The van der Waals surface area contributed by atoms with Crippen LogP contribution >= 0.6 is 15.9 Å². The summed E-state index contributed by atoms with van der Waals surface area (Å²) < 4.78 is 14.0. The Bertz CT molecular complexity index is 2500. The Morgan fingerprint density at radius 1 is 0.478 bits per heavy atom. The van der Waals surface area contributed by atoms with Crippen LogP contribution in [0.25, 0.3) is 66.1 Å². The molecule has 0 atom stereocenters. The number of hydrogen-bond donors (Lipinski definition) is 0. The summed E-state index contributed by atoms with van der Waals surface area (Å²) in [6.45, 7) is 0. The number of para-hydroxylation sites is 2. The fourth-order valence-corrected chi connectivity index (χ4v) is 6.81. The minimum absolute atomic E-state index is 0.795. The Balaban J connectivity index is 1.36. The average molecular weight is 659 g/mol. The van der Waals surface area contributed by atoms with Crippen LogP contribution in [0.3, 0.4) is 0 Å². The van der Waals surface area contributed by atoms with Crippen molar-refractivity contribution < 1.29 is 8.83 Å². The van der Waals surface area contributed by atoms with Gasteiger partial charge in [-0.3, -0.25) is 9.97 Å². The molecule has 46 heavy (non-hydrogen) atoms. The van der Waals surface area contributed by atoms with Crippen molar-refractivity contribution in [2.24, 2.45) is 0 Å². The van der Waals surface area contributed by atoms with Crippen LogP contribution in [0.15, 0.2) is 159 Å². The molecule has 0 aliphatic heterocycles. The number of furan rings is 2. The van der Waals surface area contributed by atoms with Gasteiger partial charge in [0.1, 0.15) is 16.7 Å². The van der Waals surface area contributed by atoms with Crippen molar-refractivity contribution in [3.8, 4) is 22.3 Å². The first-order valence-electron chi connectivity index (χ1n) is 15.0. The molecule has 0 unspecified atom stereocenters. The molecule has 0 N–H and O–H groups in total. The molecule has 0 saturated heterocycles. The quantitative estimate of drug-likeness (QED) is 0.184. The lowest BCUT2D eigenvalue weighted by Gasteiger charge is -2.27. The maximum absolute atomic E-state index is 6.62. The molecule has 0 radical (unpaired) electrons. The van der Waals surface area contributed by atoms with Crippen molar-refractivity contribution in [3.63, 3.8) is 0 Å². The zero-order chi connectivity index (χ0) is 30.6. The zero-order valence-corrected chi connectivity index (χ0v) is 26.0. The molecule has 4 aromatic heterocycles. The Morgan fingerprint density at radius 3 is 1.78 bits per heavy atom. The molecular weight excluding hydrogens is 634 g/mol. The minimum Gasteiger partial charge on any atom is -0.456 e. The topological polar surface area (TPSA) is 55.3 Å². The first kappa shape index (κ1) is 26.7. The highest BCUT2D eigenvalue weighted by Gasteiger charge is 2.23. The predicted molar refractivity (Wildman–Crippen MR) is 190 cm³/mol. The number of halogens is 1. The lowest BCUT2D eigenvalue weighted by molar-refractivity contribution is 0.667. The largest absolute Gasteiger partial charge is 0.456 e. The van der Waals surface area contributed by atoms with Gasteiger partial charge in [0.2, 0.25) is 0 Å². The molecule has 0 fully saturated rings. The summed E-state index contributed by atoms with van der Waals surface area (Å²) in [5, 5.41) is 4.26. The monoisotopic (exact) mass is 657 g/mol. The first-order chi connectivity index (χ1) is 22.7. The number of fused-ring (bicyclic) bond motifs is 6. The van der Waals surface area contributed by atoms with Crippen molar-refractivity contribution in [2.75, 3.05) is 4.90 Å². The van der Waals surface area contributed by atoms with Gasteiger partial charge in [0.05, 0.1) is 11.4 Å². The molecule has 0 aliphatic carbocycles. The van der Waals surface area contributed by atoms with Crippen LogP contribution in [0.5, 0.6) is 0 Å².